The number of rotatable bonds is 4. The van der Waals surface area contributed by atoms with Crippen molar-refractivity contribution in [3.05, 3.63) is 12.3 Å². The van der Waals surface area contributed by atoms with Crippen LogP contribution in [0.5, 0.6) is 0 Å². The Kier molecular flexibility index (Phi) is 3.45. The van der Waals surface area contributed by atoms with E-state index < -0.39 is 0 Å². The summed E-state index contributed by atoms with van der Waals surface area (Å²) in [7, 11) is 3.76. The average molecular weight is 182 g/mol. The summed E-state index contributed by atoms with van der Waals surface area (Å²) in [5, 5.41) is 11.6. The molecule has 0 fully saturated rings. The van der Waals surface area contributed by atoms with Gasteiger partial charge in [-0.25, -0.2) is 4.98 Å². The van der Waals surface area contributed by atoms with E-state index >= 15 is 0 Å². The van der Waals surface area contributed by atoms with E-state index in [9.17, 15) is 0 Å². The van der Waals surface area contributed by atoms with Gasteiger partial charge < -0.3 is 15.3 Å². The van der Waals surface area contributed by atoms with E-state index in [4.69, 9.17) is 5.11 Å². The van der Waals surface area contributed by atoms with Gasteiger partial charge in [0.25, 0.3) is 0 Å². The third-order valence-electron chi connectivity index (χ3n) is 1.46. The van der Waals surface area contributed by atoms with Gasteiger partial charge in [0.05, 0.1) is 6.61 Å². The van der Waals surface area contributed by atoms with Crippen LogP contribution in [0.25, 0.3) is 0 Å². The maximum atomic E-state index is 8.59. The predicted molar refractivity (Wildman–Crippen MR) is 51.9 cm³/mol. The fraction of sp³-hybridized carbons (Fsp3) is 0.500. The Labute approximate surface area is 77.4 Å². The third kappa shape index (κ3) is 2.87. The molecule has 5 nitrogen and oxygen atoms in total. The molecule has 0 aliphatic carbocycles. The molecule has 0 bridgehead atoms. The minimum absolute atomic E-state index is 0.0985. The number of aliphatic hydroxyl groups excluding tert-OH is 1. The number of hydrogen-bond donors (Lipinski definition) is 2. The van der Waals surface area contributed by atoms with Gasteiger partial charge in [-0.2, -0.15) is 4.98 Å². The molecule has 5 heteroatoms. The van der Waals surface area contributed by atoms with Crippen LogP contribution in [0.1, 0.15) is 0 Å². The summed E-state index contributed by atoms with van der Waals surface area (Å²) in [6.07, 6.45) is 1.68. The van der Waals surface area contributed by atoms with Gasteiger partial charge in [-0.05, 0) is 6.07 Å². The molecule has 1 rings (SSSR count). The van der Waals surface area contributed by atoms with E-state index in [0.717, 1.165) is 5.82 Å². The minimum Gasteiger partial charge on any atom is -0.395 e. The summed E-state index contributed by atoms with van der Waals surface area (Å²) < 4.78 is 0. The molecule has 0 amide bonds. The van der Waals surface area contributed by atoms with Crippen LogP contribution in [-0.4, -0.2) is 42.3 Å². The highest BCUT2D eigenvalue weighted by atomic mass is 16.3. The molecule has 0 aliphatic rings. The molecule has 1 aromatic rings. The first-order valence-corrected chi connectivity index (χ1v) is 4.09. The number of aliphatic hydroxyl groups is 1. The van der Waals surface area contributed by atoms with Crippen LogP contribution in [-0.2, 0) is 0 Å². The van der Waals surface area contributed by atoms with E-state index in [0.29, 0.717) is 12.5 Å². The summed E-state index contributed by atoms with van der Waals surface area (Å²) in [6.45, 7) is 0.602. The molecule has 0 aliphatic heterocycles. The number of nitrogens with zero attached hydrogens (tertiary/aromatic N) is 3. The van der Waals surface area contributed by atoms with Crippen LogP contribution in [0.4, 0.5) is 11.8 Å². The number of hydrogen-bond acceptors (Lipinski definition) is 5. The van der Waals surface area contributed by atoms with Gasteiger partial charge in [-0.15, -0.1) is 0 Å². The molecule has 0 saturated heterocycles. The van der Waals surface area contributed by atoms with E-state index in [1.54, 1.807) is 12.3 Å². The lowest BCUT2D eigenvalue weighted by Gasteiger charge is -2.10. The highest BCUT2D eigenvalue weighted by Gasteiger charge is 1.99. The molecular formula is C8H14N4O. The zero-order valence-electron chi connectivity index (χ0n) is 7.86. The standard InChI is InChI=1S/C8H14N4O/c1-12(2)8-10-4-3-7(11-8)9-5-6-13/h3-4,13H,5-6H2,1-2H3,(H,9,10,11). The van der Waals surface area contributed by atoms with Crippen molar-refractivity contribution >= 4 is 11.8 Å². The zero-order valence-corrected chi connectivity index (χ0v) is 7.86. The molecule has 1 aromatic heterocycles. The van der Waals surface area contributed by atoms with E-state index in [1.165, 1.54) is 0 Å². The van der Waals surface area contributed by atoms with Crippen molar-refractivity contribution in [3.63, 3.8) is 0 Å². The van der Waals surface area contributed by atoms with Crippen molar-refractivity contribution in [1.29, 1.82) is 0 Å². The predicted octanol–water partition coefficient (Wildman–Crippen LogP) is -0.0532. The van der Waals surface area contributed by atoms with Gasteiger partial charge in [-0.3, -0.25) is 0 Å². The van der Waals surface area contributed by atoms with E-state index in [2.05, 4.69) is 15.3 Å². The van der Waals surface area contributed by atoms with Crippen LogP contribution >= 0.6 is 0 Å². The van der Waals surface area contributed by atoms with Crippen molar-refractivity contribution in [2.24, 2.45) is 0 Å². The highest BCUT2D eigenvalue weighted by molar-refractivity contribution is 5.40. The lowest BCUT2D eigenvalue weighted by molar-refractivity contribution is 0.311. The largest absolute Gasteiger partial charge is 0.395 e. The molecule has 1 heterocycles. The van der Waals surface area contributed by atoms with Crippen LogP contribution < -0.4 is 10.2 Å². The summed E-state index contributed by atoms with van der Waals surface area (Å²) >= 11 is 0. The van der Waals surface area contributed by atoms with Gasteiger partial charge in [0.2, 0.25) is 5.95 Å². The first-order valence-electron chi connectivity index (χ1n) is 4.09. The molecule has 72 valence electrons. The quantitative estimate of drug-likeness (QED) is 0.683. The topological polar surface area (TPSA) is 61.3 Å². The Morgan fingerprint density at radius 3 is 2.92 bits per heavy atom. The maximum absolute atomic E-state index is 8.59. The Balaban J connectivity index is 2.68. The summed E-state index contributed by atoms with van der Waals surface area (Å²) in [5.41, 5.74) is 0. The van der Waals surface area contributed by atoms with Crippen molar-refractivity contribution in [2.75, 3.05) is 37.5 Å². The Hall–Kier alpha value is -1.36. The van der Waals surface area contributed by atoms with Crippen LogP contribution in [0, 0.1) is 0 Å². The highest BCUT2D eigenvalue weighted by Crippen LogP contribution is 2.06. The fourth-order valence-electron chi connectivity index (χ4n) is 0.846. The van der Waals surface area contributed by atoms with Gasteiger partial charge in [0.1, 0.15) is 5.82 Å². The van der Waals surface area contributed by atoms with Crippen molar-refractivity contribution in [1.82, 2.24) is 9.97 Å². The van der Waals surface area contributed by atoms with E-state index in [1.807, 2.05) is 19.0 Å². The van der Waals surface area contributed by atoms with Crippen LogP contribution in [0.3, 0.4) is 0 Å². The van der Waals surface area contributed by atoms with Crippen LogP contribution in [0.2, 0.25) is 0 Å². The Morgan fingerprint density at radius 2 is 2.31 bits per heavy atom. The average Bonchev–Trinajstić information content (AvgIpc) is 2.15. The molecule has 0 saturated carbocycles. The van der Waals surface area contributed by atoms with Gasteiger partial charge >= 0.3 is 0 Å². The fourth-order valence-corrected chi connectivity index (χ4v) is 0.846. The van der Waals surface area contributed by atoms with E-state index in [-0.39, 0.29) is 6.61 Å². The first-order chi connectivity index (χ1) is 6.24. The Bertz CT molecular complexity index is 264. The SMILES string of the molecule is CN(C)c1nccc(NCCO)n1. The molecule has 0 spiro atoms. The Morgan fingerprint density at radius 1 is 1.54 bits per heavy atom. The monoisotopic (exact) mass is 182 g/mol. The number of aromatic nitrogens is 2. The van der Waals surface area contributed by atoms with Crippen molar-refractivity contribution in [2.45, 2.75) is 0 Å². The normalized spacial score (nSPS) is 9.77. The molecule has 2 N–H and O–H groups in total. The molecule has 0 unspecified atom stereocenters. The van der Waals surface area contributed by atoms with Gasteiger partial charge in [-0.1, -0.05) is 0 Å². The molecule has 0 atom stereocenters. The second kappa shape index (κ2) is 4.61. The summed E-state index contributed by atoms with van der Waals surface area (Å²) in [4.78, 5) is 10.1. The van der Waals surface area contributed by atoms with Crippen LogP contribution in [0.15, 0.2) is 12.3 Å². The van der Waals surface area contributed by atoms with Crippen molar-refractivity contribution in [3.8, 4) is 0 Å². The first kappa shape index (κ1) is 9.73. The van der Waals surface area contributed by atoms with Crippen molar-refractivity contribution < 1.29 is 5.11 Å². The van der Waals surface area contributed by atoms with Gasteiger partial charge in [0.15, 0.2) is 0 Å². The summed E-state index contributed by atoms with van der Waals surface area (Å²) in [6, 6.07) is 1.77. The second-order valence-electron chi connectivity index (χ2n) is 2.79. The molecule has 0 radical (unpaired) electrons. The molecular weight excluding hydrogens is 168 g/mol. The van der Waals surface area contributed by atoms with Gasteiger partial charge in [0, 0.05) is 26.8 Å². The number of nitrogens with one attached hydrogen (secondary N) is 1. The third-order valence-corrected chi connectivity index (χ3v) is 1.46. The molecule has 0 aromatic carbocycles. The zero-order chi connectivity index (χ0) is 9.68. The molecule has 13 heavy (non-hydrogen) atoms. The minimum atomic E-state index is 0.0985. The second-order valence-corrected chi connectivity index (χ2v) is 2.79. The number of anilines is 2. The lowest BCUT2D eigenvalue weighted by Crippen LogP contribution is -2.14. The maximum Gasteiger partial charge on any atom is 0.226 e. The summed E-state index contributed by atoms with van der Waals surface area (Å²) in [5.74, 6) is 1.38. The lowest BCUT2D eigenvalue weighted by atomic mass is 10.5. The smallest absolute Gasteiger partial charge is 0.226 e.